The molecule has 218 valence electrons. The average molecular weight is 562 g/mol. The van der Waals surface area contributed by atoms with E-state index in [0.717, 1.165) is 25.7 Å². The number of imidazole rings is 1. The third-order valence-corrected chi connectivity index (χ3v) is 7.00. The standard InChI is InChI=1S/C32H39N3O6/c1-4-6-7-19-41-26-13-12-23(21-27(26)39-3)29-28(30(36)24-10-8-11-25(20-24)40-18-5-2)31(37)32(38)35(29)16-9-15-34-17-14-33-22-34/h8,10-14,17,20-22,29,36H,4-7,9,15-16,18-19H2,1-3H3/b30-28+. The Hall–Kier alpha value is -4.27. The number of aryl methyl sites for hydroxylation is 1. The molecular weight excluding hydrogens is 522 g/mol. The lowest BCUT2D eigenvalue weighted by atomic mass is 9.95. The van der Waals surface area contributed by atoms with Crippen LogP contribution in [0.2, 0.25) is 0 Å². The Bertz CT molecular complexity index is 1350. The van der Waals surface area contributed by atoms with Gasteiger partial charge in [-0.15, -0.1) is 0 Å². The summed E-state index contributed by atoms with van der Waals surface area (Å²) in [5, 5.41) is 11.5. The van der Waals surface area contributed by atoms with E-state index in [2.05, 4.69) is 11.9 Å². The van der Waals surface area contributed by atoms with Gasteiger partial charge in [-0.1, -0.05) is 44.9 Å². The third-order valence-electron chi connectivity index (χ3n) is 7.00. The number of nitrogens with zero attached hydrogens (tertiary/aromatic N) is 3. The molecule has 2 aromatic carbocycles. The molecule has 1 aliphatic rings. The number of rotatable bonds is 15. The number of ketones is 1. The van der Waals surface area contributed by atoms with E-state index >= 15 is 0 Å². The van der Waals surface area contributed by atoms with Crippen molar-refractivity contribution in [1.29, 1.82) is 0 Å². The molecule has 0 bridgehead atoms. The molecule has 1 saturated heterocycles. The maximum Gasteiger partial charge on any atom is 0.295 e. The molecule has 1 unspecified atom stereocenters. The Morgan fingerprint density at radius 3 is 2.54 bits per heavy atom. The Labute approximate surface area is 241 Å². The van der Waals surface area contributed by atoms with Gasteiger partial charge in [-0.25, -0.2) is 4.98 Å². The van der Waals surface area contributed by atoms with Crippen molar-refractivity contribution in [1.82, 2.24) is 14.5 Å². The number of ether oxygens (including phenoxy) is 3. The van der Waals surface area contributed by atoms with E-state index in [9.17, 15) is 14.7 Å². The number of unbranched alkanes of at least 4 members (excludes halogenated alkanes) is 2. The summed E-state index contributed by atoms with van der Waals surface area (Å²) in [5.41, 5.74) is 1.08. The fourth-order valence-electron chi connectivity index (χ4n) is 4.92. The minimum absolute atomic E-state index is 0.0314. The first-order valence-corrected chi connectivity index (χ1v) is 14.3. The minimum atomic E-state index is -0.805. The van der Waals surface area contributed by atoms with Gasteiger partial charge in [0, 0.05) is 31.0 Å². The van der Waals surface area contributed by atoms with Crippen molar-refractivity contribution in [3.05, 3.63) is 77.9 Å². The first-order valence-electron chi connectivity index (χ1n) is 14.3. The summed E-state index contributed by atoms with van der Waals surface area (Å²) in [4.78, 5) is 32.5. The zero-order valence-corrected chi connectivity index (χ0v) is 24.0. The number of likely N-dealkylation sites (tertiary alicyclic amines) is 1. The van der Waals surface area contributed by atoms with Crippen molar-refractivity contribution in [2.24, 2.45) is 0 Å². The van der Waals surface area contributed by atoms with Crippen LogP contribution >= 0.6 is 0 Å². The largest absolute Gasteiger partial charge is 0.507 e. The maximum absolute atomic E-state index is 13.5. The molecule has 1 amide bonds. The number of carbonyl (C=O) groups excluding carboxylic acids is 2. The number of aliphatic hydroxyl groups is 1. The van der Waals surface area contributed by atoms with Crippen molar-refractivity contribution in [2.45, 2.75) is 58.5 Å². The fraction of sp³-hybridized carbons (Fsp3) is 0.406. The highest BCUT2D eigenvalue weighted by molar-refractivity contribution is 6.46. The van der Waals surface area contributed by atoms with Crippen molar-refractivity contribution in [2.75, 3.05) is 26.9 Å². The highest BCUT2D eigenvalue weighted by Crippen LogP contribution is 2.42. The first-order chi connectivity index (χ1) is 20.0. The number of hydrogen-bond acceptors (Lipinski definition) is 7. The monoisotopic (exact) mass is 561 g/mol. The van der Waals surface area contributed by atoms with E-state index in [4.69, 9.17) is 14.2 Å². The van der Waals surface area contributed by atoms with Gasteiger partial charge >= 0.3 is 0 Å². The lowest BCUT2D eigenvalue weighted by molar-refractivity contribution is -0.139. The zero-order chi connectivity index (χ0) is 29.2. The van der Waals surface area contributed by atoms with Crippen LogP contribution in [0.5, 0.6) is 17.2 Å². The number of hydrogen-bond donors (Lipinski definition) is 1. The summed E-state index contributed by atoms with van der Waals surface area (Å²) in [6.07, 6.45) is 9.77. The van der Waals surface area contributed by atoms with Gasteiger partial charge in [0.05, 0.1) is 38.3 Å². The number of aliphatic hydroxyl groups excluding tert-OH is 1. The number of aromatic nitrogens is 2. The number of carbonyl (C=O) groups is 2. The molecule has 1 N–H and O–H groups in total. The second kappa shape index (κ2) is 14.4. The van der Waals surface area contributed by atoms with Crippen molar-refractivity contribution < 1.29 is 28.9 Å². The first kappa shape index (κ1) is 29.7. The third kappa shape index (κ3) is 7.09. The lowest BCUT2D eigenvalue weighted by Gasteiger charge is -2.26. The molecule has 0 aliphatic carbocycles. The van der Waals surface area contributed by atoms with Gasteiger partial charge in [0.25, 0.3) is 11.7 Å². The number of benzene rings is 2. The van der Waals surface area contributed by atoms with Crippen molar-refractivity contribution in [3.8, 4) is 17.2 Å². The van der Waals surface area contributed by atoms with Crippen molar-refractivity contribution in [3.63, 3.8) is 0 Å². The topological polar surface area (TPSA) is 103 Å². The average Bonchev–Trinajstić information content (AvgIpc) is 3.60. The quantitative estimate of drug-likeness (QED) is 0.109. The molecule has 1 aromatic heterocycles. The van der Waals surface area contributed by atoms with Gasteiger partial charge in [-0.05, 0) is 49.1 Å². The van der Waals surface area contributed by atoms with E-state index in [0.29, 0.717) is 61.1 Å². The van der Waals surface area contributed by atoms with Crippen LogP contribution < -0.4 is 14.2 Å². The number of amides is 1. The van der Waals surface area contributed by atoms with E-state index in [1.54, 1.807) is 56.0 Å². The van der Waals surface area contributed by atoms with Gasteiger partial charge < -0.3 is 28.8 Å². The maximum atomic E-state index is 13.5. The minimum Gasteiger partial charge on any atom is -0.507 e. The van der Waals surface area contributed by atoms with Gasteiger partial charge in [-0.3, -0.25) is 9.59 Å². The molecule has 1 aliphatic heterocycles. The van der Waals surface area contributed by atoms with Crippen LogP contribution in [0.15, 0.2) is 66.8 Å². The molecule has 9 heteroatoms. The van der Waals surface area contributed by atoms with Gasteiger partial charge in [-0.2, -0.15) is 0 Å². The van der Waals surface area contributed by atoms with Crippen LogP contribution in [0.3, 0.4) is 0 Å². The lowest BCUT2D eigenvalue weighted by Crippen LogP contribution is -2.31. The smallest absolute Gasteiger partial charge is 0.295 e. The molecule has 2 heterocycles. The molecule has 0 spiro atoms. The Morgan fingerprint density at radius 1 is 0.951 bits per heavy atom. The number of methoxy groups -OCH3 is 1. The molecule has 1 atom stereocenters. The number of Topliss-reactive ketones (excluding diaryl/α,β-unsaturated/α-hetero) is 1. The zero-order valence-electron chi connectivity index (χ0n) is 24.0. The Morgan fingerprint density at radius 2 is 1.80 bits per heavy atom. The molecule has 3 aromatic rings. The summed E-state index contributed by atoms with van der Waals surface area (Å²) >= 11 is 0. The second-order valence-corrected chi connectivity index (χ2v) is 9.99. The summed E-state index contributed by atoms with van der Waals surface area (Å²) in [5.74, 6) is 0.0379. The summed E-state index contributed by atoms with van der Waals surface area (Å²) in [6.45, 7) is 6.16. The van der Waals surface area contributed by atoms with Crippen LogP contribution in [0, 0.1) is 0 Å². The van der Waals surface area contributed by atoms with E-state index in [1.165, 1.54) is 4.90 Å². The van der Waals surface area contributed by atoms with Gasteiger partial charge in [0.1, 0.15) is 11.5 Å². The SMILES string of the molecule is CCCCCOc1ccc(C2/C(=C(\O)c3cccc(OCCC)c3)C(=O)C(=O)N2CCCn2ccnc2)cc1OC. The molecule has 41 heavy (non-hydrogen) atoms. The van der Waals surface area contributed by atoms with Crippen molar-refractivity contribution >= 4 is 17.4 Å². The predicted octanol–water partition coefficient (Wildman–Crippen LogP) is 5.76. The molecule has 0 saturated carbocycles. The second-order valence-electron chi connectivity index (χ2n) is 9.99. The van der Waals surface area contributed by atoms with Gasteiger partial charge in [0.15, 0.2) is 11.5 Å². The molecule has 1 fully saturated rings. The van der Waals surface area contributed by atoms with Crippen LogP contribution in [-0.2, 0) is 16.1 Å². The Kier molecular flexibility index (Phi) is 10.4. The highest BCUT2D eigenvalue weighted by Gasteiger charge is 2.46. The highest BCUT2D eigenvalue weighted by atomic mass is 16.5. The molecule has 9 nitrogen and oxygen atoms in total. The predicted molar refractivity (Wildman–Crippen MR) is 156 cm³/mol. The fourth-order valence-corrected chi connectivity index (χ4v) is 4.92. The van der Waals surface area contributed by atoms with Crippen LogP contribution in [0.1, 0.15) is 63.1 Å². The Balaban J connectivity index is 1.72. The van der Waals surface area contributed by atoms with Crippen LogP contribution in [-0.4, -0.2) is 58.1 Å². The molecule has 0 radical (unpaired) electrons. The van der Waals surface area contributed by atoms with Crippen LogP contribution in [0.4, 0.5) is 0 Å². The normalized spacial score (nSPS) is 16.3. The molecular formula is C32H39N3O6. The molecule has 4 rings (SSSR count). The summed E-state index contributed by atoms with van der Waals surface area (Å²) in [6, 6.07) is 11.5. The van der Waals surface area contributed by atoms with Gasteiger partial charge in [0.2, 0.25) is 0 Å². The van der Waals surface area contributed by atoms with E-state index < -0.39 is 17.7 Å². The summed E-state index contributed by atoms with van der Waals surface area (Å²) < 4.78 is 19.2. The van der Waals surface area contributed by atoms with E-state index in [-0.39, 0.29) is 11.3 Å². The van der Waals surface area contributed by atoms with Crippen LogP contribution in [0.25, 0.3) is 5.76 Å². The van der Waals surface area contributed by atoms with E-state index in [1.807, 2.05) is 23.8 Å². The summed E-state index contributed by atoms with van der Waals surface area (Å²) in [7, 11) is 1.56.